The minimum atomic E-state index is -3.66. The Bertz CT molecular complexity index is 772. The lowest BCUT2D eigenvalue weighted by atomic mass is 10.1. The van der Waals surface area contributed by atoms with Crippen LogP contribution in [0.4, 0.5) is 0 Å². The molecule has 6 nitrogen and oxygen atoms in total. The van der Waals surface area contributed by atoms with Crippen LogP contribution in [-0.4, -0.2) is 28.1 Å². The number of carbonyl (C=O) groups excluding carboxylic acids is 1. The molecule has 0 spiro atoms. The van der Waals surface area contributed by atoms with Crippen molar-refractivity contribution in [2.24, 2.45) is 0 Å². The molecule has 1 N–H and O–H groups in total. The predicted molar refractivity (Wildman–Crippen MR) is 89.1 cm³/mol. The Morgan fingerprint density at radius 2 is 1.71 bits per heavy atom. The van der Waals surface area contributed by atoms with Crippen molar-refractivity contribution >= 4 is 16.0 Å². The highest BCUT2D eigenvalue weighted by atomic mass is 32.2. The summed E-state index contributed by atoms with van der Waals surface area (Å²) in [5, 5.41) is 0. The topological polar surface area (TPSA) is 81.7 Å². The minimum absolute atomic E-state index is 0.121. The molecule has 0 unspecified atom stereocenters. The van der Waals surface area contributed by atoms with Gasteiger partial charge < -0.3 is 9.47 Å². The number of methoxy groups -OCH3 is 1. The highest BCUT2D eigenvalue weighted by Gasteiger charge is 2.18. The Hall–Kier alpha value is -2.38. The highest BCUT2D eigenvalue weighted by Crippen LogP contribution is 2.19. The van der Waals surface area contributed by atoms with Crippen LogP contribution in [0.15, 0.2) is 59.5 Å². The maximum absolute atomic E-state index is 12.4. The number of carbonyl (C=O) groups is 1. The van der Waals surface area contributed by atoms with Crippen LogP contribution in [0.5, 0.6) is 5.75 Å². The first-order valence-corrected chi connectivity index (χ1v) is 8.77. The lowest BCUT2D eigenvalue weighted by molar-refractivity contribution is -0.142. The van der Waals surface area contributed by atoms with Gasteiger partial charge in [0.05, 0.1) is 12.0 Å². The van der Waals surface area contributed by atoms with Gasteiger partial charge in [-0.1, -0.05) is 30.3 Å². The first-order valence-electron chi connectivity index (χ1n) is 7.29. The molecule has 2 aromatic carbocycles. The molecule has 7 heteroatoms. The van der Waals surface area contributed by atoms with E-state index in [-0.39, 0.29) is 17.5 Å². The number of nitrogens with one attached hydrogen (secondary N) is 1. The summed E-state index contributed by atoms with van der Waals surface area (Å²) in [6.45, 7) is 1.55. The van der Waals surface area contributed by atoms with Crippen LogP contribution in [0.2, 0.25) is 0 Å². The first kappa shape index (κ1) is 18.0. The number of rotatable bonds is 7. The monoisotopic (exact) mass is 349 g/mol. The maximum Gasteiger partial charge on any atom is 0.343 e. The summed E-state index contributed by atoms with van der Waals surface area (Å²) in [6, 6.07) is 14.8. The van der Waals surface area contributed by atoms with Crippen LogP contribution >= 0.6 is 0 Å². The molecular formula is C17H19NO5S. The Morgan fingerprint density at radius 3 is 2.29 bits per heavy atom. The van der Waals surface area contributed by atoms with Crippen LogP contribution in [-0.2, 0) is 19.6 Å². The van der Waals surface area contributed by atoms with E-state index in [1.54, 1.807) is 6.92 Å². The summed E-state index contributed by atoms with van der Waals surface area (Å²) in [4.78, 5) is 11.1. The van der Waals surface area contributed by atoms with Gasteiger partial charge in [0, 0.05) is 6.04 Å². The fourth-order valence-corrected chi connectivity index (χ4v) is 3.26. The van der Waals surface area contributed by atoms with Crippen molar-refractivity contribution in [3.05, 3.63) is 60.2 Å². The molecule has 0 aliphatic heterocycles. The van der Waals surface area contributed by atoms with E-state index in [1.807, 2.05) is 30.3 Å². The highest BCUT2D eigenvalue weighted by molar-refractivity contribution is 7.89. The molecule has 2 aromatic rings. The van der Waals surface area contributed by atoms with Crippen LogP contribution in [0.3, 0.4) is 0 Å². The van der Waals surface area contributed by atoms with Gasteiger partial charge in [-0.15, -0.1) is 0 Å². The number of hydrogen-bond acceptors (Lipinski definition) is 5. The van der Waals surface area contributed by atoms with E-state index in [0.717, 1.165) is 5.56 Å². The summed E-state index contributed by atoms with van der Waals surface area (Å²) in [6.07, 6.45) is 0. The molecule has 0 aliphatic carbocycles. The molecule has 1 atom stereocenters. The van der Waals surface area contributed by atoms with Crippen LogP contribution in [0, 0.1) is 0 Å². The third-order valence-corrected chi connectivity index (χ3v) is 4.91. The number of sulfonamides is 1. The average molecular weight is 349 g/mol. The number of hydrogen-bond donors (Lipinski definition) is 1. The van der Waals surface area contributed by atoms with Crippen molar-refractivity contribution < 1.29 is 22.7 Å². The largest absolute Gasteiger partial charge is 0.482 e. The van der Waals surface area contributed by atoms with Crippen molar-refractivity contribution in [2.75, 3.05) is 13.7 Å². The number of benzene rings is 2. The van der Waals surface area contributed by atoms with Gasteiger partial charge in [0.2, 0.25) is 10.0 Å². The molecule has 24 heavy (non-hydrogen) atoms. The molecule has 0 saturated carbocycles. The zero-order chi connectivity index (χ0) is 17.6. The first-order chi connectivity index (χ1) is 11.4. The van der Waals surface area contributed by atoms with E-state index in [9.17, 15) is 13.2 Å². The number of esters is 1. The molecule has 0 aromatic heterocycles. The van der Waals surface area contributed by atoms with E-state index in [0.29, 0.717) is 5.75 Å². The summed E-state index contributed by atoms with van der Waals surface area (Å²) >= 11 is 0. The molecule has 0 fully saturated rings. The average Bonchev–Trinajstić information content (AvgIpc) is 2.60. The lowest BCUT2D eigenvalue weighted by Gasteiger charge is -2.15. The van der Waals surface area contributed by atoms with Gasteiger partial charge in [0.25, 0.3) is 0 Å². The standard InChI is InChI=1S/C17H19NO5S/c1-13(14-6-4-3-5-7-14)18-24(20,21)16-10-8-15(9-11-16)23-12-17(19)22-2/h3-11,13,18H,12H2,1-2H3/t13-/m0/s1. The van der Waals surface area contributed by atoms with E-state index in [1.165, 1.54) is 31.4 Å². The van der Waals surface area contributed by atoms with Crippen molar-refractivity contribution in [3.8, 4) is 5.75 Å². The normalized spacial score (nSPS) is 12.4. The second kappa shape index (κ2) is 7.94. The fourth-order valence-electron chi connectivity index (χ4n) is 2.03. The van der Waals surface area contributed by atoms with Crippen LogP contribution < -0.4 is 9.46 Å². The van der Waals surface area contributed by atoms with Gasteiger partial charge >= 0.3 is 5.97 Å². The Balaban J connectivity index is 2.05. The lowest BCUT2D eigenvalue weighted by Crippen LogP contribution is -2.26. The van der Waals surface area contributed by atoms with Crippen molar-refractivity contribution in [1.29, 1.82) is 0 Å². The van der Waals surface area contributed by atoms with Gasteiger partial charge in [-0.3, -0.25) is 0 Å². The third-order valence-electron chi connectivity index (χ3n) is 3.35. The number of ether oxygens (including phenoxy) is 2. The van der Waals surface area contributed by atoms with Gasteiger partial charge in [-0.2, -0.15) is 0 Å². The Morgan fingerprint density at radius 1 is 1.08 bits per heavy atom. The fraction of sp³-hybridized carbons (Fsp3) is 0.235. The molecule has 0 radical (unpaired) electrons. The molecular weight excluding hydrogens is 330 g/mol. The zero-order valence-corrected chi connectivity index (χ0v) is 14.2. The summed E-state index contributed by atoms with van der Waals surface area (Å²) in [5.41, 5.74) is 0.874. The molecule has 2 rings (SSSR count). The third kappa shape index (κ3) is 4.81. The molecule has 0 bridgehead atoms. The van der Waals surface area contributed by atoms with Crippen molar-refractivity contribution in [1.82, 2.24) is 4.72 Å². The quantitative estimate of drug-likeness (QED) is 0.776. The molecule has 0 aliphatic rings. The van der Waals surface area contributed by atoms with E-state index < -0.39 is 16.0 Å². The van der Waals surface area contributed by atoms with Gasteiger partial charge in [0.1, 0.15) is 5.75 Å². The molecule has 128 valence electrons. The van der Waals surface area contributed by atoms with E-state index in [4.69, 9.17) is 4.74 Å². The maximum atomic E-state index is 12.4. The SMILES string of the molecule is COC(=O)COc1ccc(S(=O)(=O)N[C@@H](C)c2ccccc2)cc1. The van der Waals surface area contributed by atoms with E-state index in [2.05, 4.69) is 9.46 Å². The smallest absolute Gasteiger partial charge is 0.343 e. The van der Waals surface area contributed by atoms with Crippen LogP contribution in [0.25, 0.3) is 0 Å². The zero-order valence-electron chi connectivity index (χ0n) is 13.4. The Labute approximate surface area is 141 Å². The second-order valence-electron chi connectivity index (χ2n) is 5.09. The Kier molecular flexibility index (Phi) is 5.94. The summed E-state index contributed by atoms with van der Waals surface area (Å²) in [5.74, 6) is -0.125. The van der Waals surface area contributed by atoms with Crippen molar-refractivity contribution in [2.45, 2.75) is 17.9 Å². The second-order valence-corrected chi connectivity index (χ2v) is 6.80. The van der Waals surface area contributed by atoms with Gasteiger partial charge in [-0.05, 0) is 36.8 Å². The molecule has 0 saturated heterocycles. The predicted octanol–water partition coefficient (Wildman–Crippen LogP) is 2.28. The summed E-state index contributed by atoms with van der Waals surface area (Å²) in [7, 11) is -2.39. The summed E-state index contributed by atoms with van der Waals surface area (Å²) < 4.78 is 37.1. The minimum Gasteiger partial charge on any atom is -0.482 e. The molecule has 0 heterocycles. The van der Waals surface area contributed by atoms with E-state index >= 15 is 0 Å². The van der Waals surface area contributed by atoms with Crippen LogP contribution in [0.1, 0.15) is 18.5 Å². The van der Waals surface area contributed by atoms with Crippen molar-refractivity contribution in [3.63, 3.8) is 0 Å². The van der Waals surface area contributed by atoms with Gasteiger partial charge in [0.15, 0.2) is 6.61 Å². The molecule has 0 amide bonds. The van der Waals surface area contributed by atoms with Gasteiger partial charge in [-0.25, -0.2) is 17.9 Å².